The summed E-state index contributed by atoms with van der Waals surface area (Å²) in [4.78, 5) is -1.11. The number of hydrogen-bond acceptors (Lipinski definition) is 3. The first-order valence-electron chi connectivity index (χ1n) is 6.19. The molecule has 0 spiro atoms. The molecule has 0 N–H and O–H groups in total. The molecular weight excluding hydrogens is 384 g/mol. The molecule has 1 fully saturated rings. The molecule has 3 nitrogen and oxygen atoms in total. The van der Waals surface area contributed by atoms with Gasteiger partial charge in [0, 0.05) is 6.04 Å². The van der Waals surface area contributed by atoms with Gasteiger partial charge < -0.3 is 0 Å². The van der Waals surface area contributed by atoms with Gasteiger partial charge in [-0.2, -0.15) is 0 Å². The standard InChI is InChI=1S/C11H17Cl4NO2S2/c1-2-8-20(17,18)16(9-6-4-3-5-7-9)19-11(14,15)10(12)13/h2,9-10H,1,3-8H2. The molecular formula is C11H17Cl4NO2S2. The molecule has 0 aromatic heterocycles. The Morgan fingerprint density at radius 3 is 2.30 bits per heavy atom. The zero-order valence-corrected chi connectivity index (χ0v) is 15.4. The van der Waals surface area contributed by atoms with E-state index in [1.165, 1.54) is 9.79 Å². The lowest BCUT2D eigenvalue weighted by Crippen LogP contribution is -2.40. The van der Waals surface area contributed by atoms with Crippen LogP contribution in [0.15, 0.2) is 12.7 Å². The monoisotopic (exact) mass is 399 g/mol. The lowest BCUT2D eigenvalue weighted by atomic mass is 9.96. The predicted octanol–water partition coefficient (Wildman–Crippen LogP) is 4.72. The fraction of sp³-hybridized carbons (Fsp3) is 0.818. The largest absolute Gasteiger partial charge is 0.227 e. The summed E-state index contributed by atoms with van der Waals surface area (Å²) in [5, 5.41) is 0. The highest BCUT2D eigenvalue weighted by Crippen LogP contribution is 2.47. The molecule has 1 aliphatic carbocycles. The summed E-state index contributed by atoms with van der Waals surface area (Å²) in [5.74, 6) is -0.171. The van der Waals surface area contributed by atoms with Crippen LogP contribution in [0.1, 0.15) is 32.1 Å². The van der Waals surface area contributed by atoms with Crippen LogP contribution in [0.5, 0.6) is 0 Å². The molecule has 0 aromatic rings. The second-order valence-electron chi connectivity index (χ2n) is 4.57. The van der Waals surface area contributed by atoms with Gasteiger partial charge in [0.05, 0.1) is 5.75 Å². The fourth-order valence-electron chi connectivity index (χ4n) is 2.03. The van der Waals surface area contributed by atoms with Crippen molar-refractivity contribution in [2.45, 2.75) is 46.6 Å². The third kappa shape index (κ3) is 5.41. The Morgan fingerprint density at radius 2 is 1.85 bits per heavy atom. The third-order valence-electron chi connectivity index (χ3n) is 2.94. The number of nitrogens with zero attached hydrogens (tertiary/aromatic N) is 1. The lowest BCUT2D eigenvalue weighted by Gasteiger charge is -2.35. The minimum absolute atomic E-state index is 0.136. The van der Waals surface area contributed by atoms with Crippen molar-refractivity contribution in [3.63, 3.8) is 0 Å². The lowest BCUT2D eigenvalue weighted by molar-refractivity contribution is 0.345. The molecule has 1 saturated carbocycles. The van der Waals surface area contributed by atoms with E-state index in [0.717, 1.165) is 44.1 Å². The Morgan fingerprint density at radius 1 is 1.30 bits per heavy atom. The average Bonchev–Trinajstić information content (AvgIpc) is 2.36. The van der Waals surface area contributed by atoms with Crippen LogP contribution in [0, 0.1) is 0 Å². The van der Waals surface area contributed by atoms with Crippen molar-refractivity contribution in [1.82, 2.24) is 3.71 Å². The number of halogens is 4. The SMILES string of the molecule is C=CCS(=O)(=O)N(SC(Cl)(Cl)C(Cl)Cl)C1CCCCC1. The Kier molecular flexibility index (Phi) is 7.81. The number of alkyl halides is 4. The van der Waals surface area contributed by atoms with Gasteiger partial charge in [0.15, 0.2) is 4.84 Å². The quantitative estimate of drug-likeness (QED) is 0.352. The molecule has 0 radical (unpaired) electrons. The van der Waals surface area contributed by atoms with Gasteiger partial charge in [0.25, 0.3) is 0 Å². The summed E-state index contributed by atoms with van der Waals surface area (Å²) < 4.78 is 24.4. The highest BCUT2D eigenvalue weighted by molar-refractivity contribution is 8.11. The van der Waals surface area contributed by atoms with Crippen molar-refractivity contribution in [3.05, 3.63) is 12.7 Å². The van der Waals surface area contributed by atoms with Gasteiger partial charge in [0.2, 0.25) is 13.7 Å². The number of sulfonamides is 1. The van der Waals surface area contributed by atoms with E-state index in [1.54, 1.807) is 0 Å². The minimum Gasteiger partial charge on any atom is -0.211 e. The van der Waals surface area contributed by atoms with Crippen LogP contribution in [-0.4, -0.2) is 32.4 Å². The molecule has 0 unspecified atom stereocenters. The second kappa shape index (κ2) is 8.14. The minimum atomic E-state index is -3.55. The average molecular weight is 401 g/mol. The number of rotatable bonds is 7. The molecule has 0 amide bonds. The van der Waals surface area contributed by atoms with Gasteiger partial charge in [-0.3, -0.25) is 0 Å². The van der Waals surface area contributed by atoms with Crippen LogP contribution < -0.4 is 0 Å². The second-order valence-corrected chi connectivity index (χ2v) is 10.8. The summed E-state index contributed by atoms with van der Waals surface area (Å²) in [6.45, 7) is 3.47. The van der Waals surface area contributed by atoms with Gasteiger partial charge in [-0.05, 0) is 24.8 Å². The van der Waals surface area contributed by atoms with Crippen LogP contribution in [0.3, 0.4) is 0 Å². The third-order valence-corrected chi connectivity index (χ3v) is 8.52. The molecule has 0 heterocycles. The van der Waals surface area contributed by atoms with Crippen LogP contribution in [-0.2, 0) is 10.0 Å². The summed E-state index contributed by atoms with van der Waals surface area (Å²) in [5.41, 5.74) is 0. The highest BCUT2D eigenvalue weighted by Gasteiger charge is 2.42. The van der Waals surface area contributed by atoms with Gasteiger partial charge >= 0.3 is 0 Å². The molecule has 9 heteroatoms. The van der Waals surface area contributed by atoms with Crippen molar-refractivity contribution in [1.29, 1.82) is 0 Å². The molecule has 0 saturated heterocycles. The van der Waals surface area contributed by atoms with Gasteiger partial charge in [-0.15, -0.1) is 33.5 Å². The van der Waals surface area contributed by atoms with Crippen molar-refractivity contribution >= 4 is 68.4 Å². The van der Waals surface area contributed by atoms with Crippen LogP contribution >= 0.6 is 58.4 Å². The zero-order chi connectivity index (χ0) is 15.4. The fourth-order valence-corrected chi connectivity index (χ4v) is 5.74. The molecule has 0 aliphatic heterocycles. The first kappa shape index (κ1) is 19.2. The van der Waals surface area contributed by atoms with Crippen molar-refractivity contribution in [2.24, 2.45) is 0 Å². The summed E-state index contributed by atoms with van der Waals surface area (Å²) in [6.07, 6.45) is 5.97. The molecule has 0 aromatic carbocycles. The number of hydrogen-bond donors (Lipinski definition) is 0. The van der Waals surface area contributed by atoms with Crippen molar-refractivity contribution in [2.75, 3.05) is 5.75 Å². The topological polar surface area (TPSA) is 37.4 Å². The van der Waals surface area contributed by atoms with Crippen molar-refractivity contribution < 1.29 is 8.42 Å². The zero-order valence-electron chi connectivity index (χ0n) is 10.8. The van der Waals surface area contributed by atoms with Crippen LogP contribution in [0.2, 0.25) is 0 Å². The van der Waals surface area contributed by atoms with Gasteiger partial charge in [-0.1, -0.05) is 48.5 Å². The molecule has 1 aliphatic rings. The molecule has 0 bridgehead atoms. The molecule has 118 valence electrons. The maximum atomic E-state index is 12.4. The smallest absolute Gasteiger partial charge is 0.211 e. The van der Waals surface area contributed by atoms with Crippen molar-refractivity contribution in [3.8, 4) is 0 Å². The molecule has 20 heavy (non-hydrogen) atoms. The predicted molar refractivity (Wildman–Crippen MR) is 90.2 cm³/mol. The van der Waals surface area contributed by atoms with E-state index in [9.17, 15) is 8.42 Å². The Labute approximate surface area is 145 Å². The van der Waals surface area contributed by atoms with E-state index < -0.39 is 18.5 Å². The van der Waals surface area contributed by atoms with E-state index in [2.05, 4.69) is 6.58 Å². The van der Waals surface area contributed by atoms with E-state index in [0.29, 0.717) is 0 Å². The Balaban J connectivity index is 2.98. The van der Waals surface area contributed by atoms with E-state index >= 15 is 0 Å². The Hall–Kier alpha value is 1.16. The summed E-state index contributed by atoms with van der Waals surface area (Å²) in [7, 11) is -3.55. The van der Waals surface area contributed by atoms with E-state index in [1.807, 2.05) is 0 Å². The molecule has 1 rings (SSSR count). The molecule has 0 atom stereocenters. The van der Waals surface area contributed by atoms with Gasteiger partial charge in [0.1, 0.15) is 0 Å². The summed E-state index contributed by atoms with van der Waals surface area (Å²) in [6, 6.07) is -0.136. The maximum Gasteiger partial charge on any atom is 0.227 e. The first-order valence-corrected chi connectivity index (χ1v) is 10.2. The highest BCUT2D eigenvalue weighted by atomic mass is 35.5. The van der Waals surface area contributed by atoms with Gasteiger partial charge in [-0.25, -0.2) is 8.42 Å². The van der Waals surface area contributed by atoms with E-state index in [-0.39, 0.29) is 11.8 Å². The Bertz CT molecular complexity index is 422. The summed E-state index contributed by atoms with van der Waals surface area (Å²) >= 11 is 24.3. The normalized spacial score (nSPS) is 18.7. The van der Waals surface area contributed by atoms with Crippen LogP contribution in [0.25, 0.3) is 0 Å². The van der Waals surface area contributed by atoms with Crippen LogP contribution in [0.4, 0.5) is 0 Å². The maximum absolute atomic E-state index is 12.4. The van der Waals surface area contributed by atoms with E-state index in [4.69, 9.17) is 46.4 Å². The first-order chi connectivity index (χ1) is 9.20.